The number of amides is 1. The predicted octanol–water partition coefficient (Wildman–Crippen LogP) is 5.94. The average Bonchev–Trinajstić information content (AvgIpc) is 2.65. The molecule has 7 nitrogen and oxygen atoms in total. The molecule has 1 heterocycles. The van der Waals surface area contributed by atoms with Gasteiger partial charge in [-0.1, -0.05) is 32.9 Å². The van der Waals surface area contributed by atoms with E-state index >= 15 is 0 Å². The molecule has 0 fully saturated rings. The van der Waals surface area contributed by atoms with E-state index in [-0.39, 0.29) is 11.5 Å². The number of carbonyl (C=O) groups excluding carboxylic acids is 1. The first kappa shape index (κ1) is 30.2. The molecule has 4 N–H and O–H groups in total. The molecule has 0 radical (unpaired) electrons. The van der Waals surface area contributed by atoms with E-state index in [9.17, 15) is 9.59 Å². The van der Waals surface area contributed by atoms with Crippen LogP contribution in [0.4, 0.5) is 10.5 Å². The summed E-state index contributed by atoms with van der Waals surface area (Å²) >= 11 is 0.750. The van der Waals surface area contributed by atoms with Crippen molar-refractivity contribution in [3.8, 4) is 0 Å². The molecule has 32 heavy (non-hydrogen) atoms. The SMILES string of the molecule is CC(C)(C)CCCC(=O)O.CC(C)(C)OC(=O)N1CCCc2ccc(CN)cc21.CSO. The van der Waals surface area contributed by atoms with E-state index in [1.807, 2.05) is 32.9 Å². The predicted molar refractivity (Wildman–Crippen MR) is 133 cm³/mol. The van der Waals surface area contributed by atoms with Gasteiger partial charge in [0.2, 0.25) is 0 Å². The zero-order chi connectivity index (χ0) is 24.9. The van der Waals surface area contributed by atoms with E-state index in [2.05, 4.69) is 26.8 Å². The molecular weight excluding hydrogens is 428 g/mol. The van der Waals surface area contributed by atoms with Crippen molar-refractivity contribution in [1.82, 2.24) is 0 Å². The number of aryl methyl sites for hydroxylation is 1. The molecule has 8 heteroatoms. The second kappa shape index (κ2) is 14.4. The van der Waals surface area contributed by atoms with Crippen LogP contribution < -0.4 is 10.6 Å². The highest BCUT2D eigenvalue weighted by Gasteiger charge is 2.27. The summed E-state index contributed by atoms with van der Waals surface area (Å²) in [6, 6.07) is 6.09. The van der Waals surface area contributed by atoms with Crippen LogP contribution in [0.3, 0.4) is 0 Å². The second-order valence-corrected chi connectivity index (χ2v) is 10.3. The minimum atomic E-state index is -0.691. The van der Waals surface area contributed by atoms with Crippen molar-refractivity contribution in [2.75, 3.05) is 17.7 Å². The number of aliphatic carboxylic acids is 1. The monoisotopic (exact) mass is 470 g/mol. The first-order chi connectivity index (χ1) is 14.7. The molecule has 0 spiro atoms. The van der Waals surface area contributed by atoms with Gasteiger partial charge < -0.3 is 20.1 Å². The van der Waals surface area contributed by atoms with Crippen molar-refractivity contribution in [3.63, 3.8) is 0 Å². The number of hydrogen-bond acceptors (Lipinski definition) is 6. The molecular formula is C24H42N2O5S. The van der Waals surface area contributed by atoms with Crippen LogP contribution in [0, 0.1) is 5.41 Å². The molecule has 184 valence electrons. The fourth-order valence-corrected chi connectivity index (χ4v) is 3.02. The summed E-state index contributed by atoms with van der Waals surface area (Å²) in [4.78, 5) is 24.1. The second-order valence-electron chi connectivity index (χ2n) is 9.89. The number of ether oxygens (including phenoxy) is 1. The van der Waals surface area contributed by atoms with Crippen molar-refractivity contribution in [2.45, 2.75) is 85.8 Å². The average molecular weight is 471 g/mol. The van der Waals surface area contributed by atoms with Gasteiger partial charge in [-0.3, -0.25) is 9.69 Å². The van der Waals surface area contributed by atoms with Crippen LogP contribution in [-0.2, 0) is 22.5 Å². The van der Waals surface area contributed by atoms with E-state index in [0.29, 0.717) is 19.5 Å². The Balaban J connectivity index is 0.000000625. The molecule has 0 saturated heterocycles. The van der Waals surface area contributed by atoms with Crippen LogP contribution >= 0.6 is 12.0 Å². The number of carbonyl (C=O) groups is 2. The smallest absolute Gasteiger partial charge is 0.414 e. The Morgan fingerprint density at radius 1 is 1.19 bits per heavy atom. The Hall–Kier alpha value is -1.77. The Bertz CT molecular complexity index is 711. The summed E-state index contributed by atoms with van der Waals surface area (Å²) in [6.45, 7) is 13.2. The number of benzene rings is 1. The molecule has 0 atom stereocenters. The third-order valence-corrected chi connectivity index (χ3v) is 4.44. The lowest BCUT2D eigenvalue weighted by Crippen LogP contribution is -2.39. The molecule has 1 aliphatic heterocycles. The van der Waals surface area contributed by atoms with E-state index in [0.717, 1.165) is 49.0 Å². The van der Waals surface area contributed by atoms with Gasteiger partial charge in [-0.2, -0.15) is 0 Å². The minimum Gasteiger partial charge on any atom is -0.481 e. The molecule has 0 bridgehead atoms. The van der Waals surface area contributed by atoms with Crippen LogP contribution in [0.2, 0.25) is 0 Å². The van der Waals surface area contributed by atoms with E-state index in [1.54, 1.807) is 11.2 Å². The topological polar surface area (TPSA) is 113 Å². The maximum absolute atomic E-state index is 12.2. The van der Waals surface area contributed by atoms with Crippen LogP contribution in [-0.4, -0.2) is 40.1 Å². The van der Waals surface area contributed by atoms with Crippen molar-refractivity contribution in [3.05, 3.63) is 29.3 Å². The van der Waals surface area contributed by atoms with Gasteiger partial charge in [0.25, 0.3) is 0 Å². The van der Waals surface area contributed by atoms with E-state index in [4.69, 9.17) is 20.1 Å². The maximum atomic E-state index is 12.2. The number of nitrogens with two attached hydrogens (primary N) is 1. The van der Waals surface area contributed by atoms with Crippen LogP contribution in [0.5, 0.6) is 0 Å². The molecule has 0 unspecified atom stereocenters. The van der Waals surface area contributed by atoms with Gasteiger partial charge in [0, 0.05) is 25.8 Å². The summed E-state index contributed by atoms with van der Waals surface area (Å²) in [7, 11) is 0. The zero-order valence-electron chi connectivity index (χ0n) is 20.7. The summed E-state index contributed by atoms with van der Waals surface area (Å²) < 4.78 is 12.9. The quantitative estimate of drug-likeness (QED) is 0.466. The van der Waals surface area contributed by atoms with Crippen LogP contribution in [0.15, 0.2) is 18.2 Å². The van der Waals surface area contributed by atoms with E-state index in [1.165, 1.54) is 5.56 Å². The first-order valence-electron chi connectivity index (χ1n) is 11.0. The van der Waals surface area contributed by atoms with Crippen molar-refractivity contribution < 1.29 is 24.0 Å². The molecule has 1 aromatic carbocycles. The Morgan fingerprint density at radius 3 is 2.25 bits per heavy atom. The summed E-state index contributed by atoms with van der Waals surface area (Å²) in [5.41, 5.74) is 8.65. The Labute approximate surface area is 197 Å². The minimum absolute atomic E-state index is 0.273. The lowest BCUT2D eigenvalue weighted by atomic mass is 9.90. The molecule has 0 saturated carbocycles. The van der Waals surface area contributed by atoms with Gasteiger partial charge in [-0.15, -0.1) is 0 Å². The Kier molecular flexibility index (Phi) is 13.6. The third-order valence-electron chi connectivity index (χ3n) is 4.44. The molecule has 1 aromatic rings. The first-order valence-corrected chi connectivity index (χ1v) is 12.1. The lowest BCUT2D eigenvalue weighted by Gasteiger charge is -2.32. The standard InChI is InChI=1S/C15H22N2O2.C8H16O2.CH4OS/c1-15(2,3)19-14(18)17-8-4-5-12-7-6-11(10-16)9-13(12)17;1-8(2,3)6-4-5-7(9)10;1-3-2/h6-7,9H,4-5,8,10,16H2,1-3H3;4-6H2,1-3H3,(H,9,10);2H,1H3. The van der Waals surface area contributed by atoms with Gasteiger partial charge in [-0.05, 0) is 81.1 Å². The number of carboxylic acid groups (broad SMARTS) is 1. The van der Waals surface area contributed by atoms with Gasteiger partial charge in [0.05, 0.1) is 5.69 Å². The van der Waals surface area contributed by atoms with Crippen LogP contribution in [0.1, 0.15) is 78.4 Å². The molecule has 0 aromatic heterocycles. The molecule has 2 rings (SSSR count). The molecule has 1 aliphatic rings. The van der Waals surface area contributed by atoms with E-state index < -0.39 is 11.6 Å². The normalized spacial score (nSPS) is 13.1. The number of carboxylic acids is 1. The fourth-order valence-electron chi connectivity index (χ4n) is 3.02. The van der Waals surface area contributed by atoms with Gasteiger partial charge in [0.15, 0.2) is 0 Å². The van der Waals surface area contributed by atoms with Gasteiger partial charge in [0.1, 0.15) is 5.60 Å². The summed E-state index contributed by atoms with van der Waals surface area (Å²) in [6.07, 6.45) is 5.37. The summed E-state index contributed by atoms with van der Waals surface area (Å²) in [5, 5.41) is 8.31. The van der Waals surface area contributed by atoms with Crippen LogP contribution in [0.25, 0.3) is 0 Å². The highest BCUT2D eigenvalue weighted by molar-refractivity contribution is 7.93. The summed E-state index contributed by atoms with van der Waals surface area (Å²) in [5.74, 6) is -0.691. The number of nitrogens with zero attached hydrogens (tertiary/aromatic N) is 1. The third kappa shape index (κ3) is 13.6. The number of anilines is 1. The lowest BCUT2D eigenvalue weighted by molar-refractivity contribution is -0.137. The largest absolute Gasteiger partial charge is 0.481 e. The highest BCUT2D eigenvalue weighted by atomic mass is 32.2. The fraction of sp³-hybridized carbons (Fsp3) is 0.667. The number of hydrogen-bond donors (Lipinski definition) is 3. The van der Waals surface area contributed by atoms with Crippen molar-refractivity contribution in [1.29, 1.82) is 0 Å². The van der Waals surface area contributed by atoms with Crippen molar-refractivity contribution >= 4 is 29.8 Å². The number of rotatable bonds is 4. The maximum Gasteiger partial charge on any atom is 0.414 e. The van der Waals surface area contributed by atoms with Gasteiger partial charge >= 0.3 is 12.1 Å². The Morgan fingerprint density at radius 2 is 1.78 bits per heavy atom. The van der Waals surface area contributed by atoms with Gasteiger partial charge in [-0.25, -0.2) is 4.79 Å². The number of fused-ring (bicyclic) bond motifs is 1. The molecule has 1 amide bonds. The zero-order valence-corrected chi connectivity index (χ0v) is 21.6. The highest BCUT2D eigenvalue weighted by Crippen LogP contribution is 2.29. The van der Waals surface area contributed by atoms with Crippen molar-refractivity contribution in [2.24, 2.45) is 11.1 Å². The molecule has 0 aliphatic carbocycles.